The Morgan fingerprint density at radius 2 is 1.68 bits per heavy atom. The lowest BCUT2D eigenvalue weighted by Gasteiger charge is -2.18. The van der Waals surface area contributed by atoms with E-state index in [4.69, 9.17) is 0 Å². The summed E-state index contributed by atoms with van der Waals surface area (Å²) in [5, 5.41) is 3.29. The Kier molecular flexibility index (Phi) is 6.03. The SMILES string of the molecule is Cc1ccc(-c2cc(Nc3cccc(C(=O)N(C)Cc4ccccc4)c3)ncn2)cc1. The molecule has 154 valence electrons. The largest absolute Gasteiger partial charge is 0.340 e. The van der Waals surface area contributed by atoms with Crippen LogP contribution in [0.3, 0.4) is 0 Å². The monoisotopic (exact) mass is 408 g/mol. The van der Waals surface area contributed by atoms with Crippen LogP contribution in [0.25, 0.3) is 11.3 Å². The van der Waals surface area contributed by atoms with E-state index in [0.717, 1.165) is 22.5 Å². The van der Waals surface area contributed by atoms with Crippen molar-refractivity contribution in [2.75, 3.05) is 12.4 Å². The highest BCUT2D eigenvalue weighted by Crippen LogP contribution is 2.22. The molecule has 5 heteroatoms. The second-order valence-electron chi connectivity index (χ2n) is 7.51. The lowest BCUT2D eigenvalue weighted by molar-refractivity contribution is 0.0785. The molecule has 0 bridgehead atoms. The number of amides is 1. The van der Waals surface area contributed by atoms with Crippen LogP contribution in [0.5, 0.6) is 0 Å². The summed E-state index contributed by atoms with van der Waals surface area (Å²) in [6, 6.07) is 27.5. The molecule has 0 aliphatic rings. The lowest BCUT2D eigenvalue weighted by Crippen LogP contribution is -2.26. The van der Waals surface area contributed by atoms with Gasteiger partial charge in [0.05, 0.1) is 5.69 Å². The molecule has 0 saturated heterocycles. The Bertz CT molecular complexity index is 1170. The van der Waals surface area contributed by atoms with Crippen molar-refractivity contribution in [1.29, 1.82) is 0 Å². The van der Waals surface area contributed by atoms with Gasteiger partial charge in [-0.05, 0) is 30.7 Å². The number of anilines is 2. The van der Waals surface area contributed by atoms with Gasteiger partial charge in [-0.15, -0.1) is 0 Å². The maximum atomic E-state index is 12.9. The van der Waals surface area contributed by atoms with Crippen LogP contribution >= 0.6 is 0 Å². The Balaban J connectivity index is 1.49. The maximum absolute atomic E-state index is 12.9. The van der Waals surface area contributed by atoms with Crippen molar-refractivity contribution in [2.45, 2.75) is 13.5 Å². The number of aromatic nitrogens is 2. The van der Waals surface area contributed by atoms with Gasteiger partial charge in [-0.3, -0.25) is 4.79 Å². The molecule has 0 spiro atoms. The van der Waals surface area contributed by atoms with Gasteiger partial charge in [-0.2, -0.15) is 0 Å². The number of carbonyl (C=O) groups excluding carboxylic acids is 1. The van der Waals surface area contributed by atoms with E-state index >= 15 is 0 Å². The van der Waals surface area contributed by atoms with Gasteiger partial charge in [0.2, 0.25) is 0 Å². The molecule has 1 heterocycles. The first-order chi connectivity index (χ1) is 15.1. The van der Waals surface area contributed by atoms with Gasteiger partial charge in [0.25, 0.3) is 5.91 Å². The number of hydrogen-bond donors (Lipinski definition) is 1. The fourth-order valence-corrected chi connectivity index (χ4v) is 3.34. The van der Waals surface area contributed by atoms with Crippen molar-refractivity contribution >= 4 is 17.4 Å². The average Bonchev–Trinajstić information content (AvgIpc) is 2.80. The summed E-state index contributed by atoms with van der Waals surface area (Å²) in [7, 11) is 1.81. The Hall–Kier alpha value is -3.99. The summed E-state index contributed by atoms with van der Waals surface area (Å²) < 4.78 is 0. The number of nitrogens with zero attached hydrogens (tertiary/aromatic N) is 3. The van der Waals surface area contributed by atoms with E-state index in [9.17, 15) is 4.79 Å². The zero-order valence-corrected chi connectivity index (χ0v) is 17.6. The smallest absolute Gasteiger partial charge is 0.253 e. The highest BCUT2D eigenvalue weighted by molar-refractivity contribution is 5.95. The van der Waals surface area contributed by atoms with E-state index in [-0.39, 0.29) is 5.91 Å². The van der Waals surface area contributed by atoms with Crippen molar-refractivity contribution < 1.29 is 4.79 Å². The first-order valence-electron chi connectivity index (χ1n) is 10.1. The van der Waals surface area contributed by atoms with Gasteiger partial charge in [-0.1, -0.05) is 66.2 Å². The van der Waals surface area contributed by atoms with E-state index in [0.29, 0.717) is 17.9 Å². The first-order valence-corrected chi connectivity index (χ1v) is 10.1. The molecule has 0 atom stereocenters. The summed E-state index contributed by atoms with van der Waals surface area (Å²) in [5.74, 6) is 0.642. The highest BCUT2D eigenvalue weighted by Gasteiger charge is 2.13. The molecule has 31 heavy (non-hydrogen) atoms. The molecule has 4 rings (SSSR count). The summed E-state index contributed by atoms with van der Waals surface area (Å²) >= 11 is 0. The summed E-state index contributed by atoms with van der Waals surface area (Å²) in [5.41, 5.74) is 5.59. The highest BCUT2D eigenvalue weighted by atomic mass is 16.2. The number of carbonyl (C=O) groups is 1. The lowest BCUT2D eigenvalue weighted by atomic mass is 10.1. The van der Waals surface area contributed by atoms with Gasteiger partial charge in [0, 0.05) is 36.5 Å². The molecule has 0 aliphatic carbocycles. The second-order valence-corrected chi connectivity index (χ2v) is 7.51. The summed E-state index contributed by atoms with van der Waals surface area (Å²) in [6.07, 6.45) is 1.54. The van der Waals surface area contributed by atoms with Gasteiger partial charge < -0.3 is 10.2 Å². The Labute approximate surface area is 182 Å². The third kappa shape index (κ3) is 5.14. The normalized spacial score (nSPS) is 10.5. The van der Waals surface area contributed by atoms with E-state index in [1.165, 1.54) is 5.56 Å². The predicted molar refractivity (Wildman–Crippen MR) is 124 cm³/mol. The number of rotatable bonds is 6. The Morgan fingerprint density at radius 3 is 2.45 bits per heavy atom. The maximum Gasteiger partial charge on any atom is 0.253 e. The Morgan fingerprint density at radius 1 is 0.903 bits per heavy atom. The van der Waals surface area contributed by atoms with Crippen molar-refractivity contribution in [3.63, 3.8) is 0 Å². The minimum absolute atomic E-state index is 0.0319. The minimum atomic E-state index is -0.0319. The number of hydrogen-bond acceptors (Lipinski definition) is 4. The molecule has 0 unspecified atom stereocenters. The van der Waals surface area contributed by atoms with Crippen molar-refractivity contribution in [1.82, 2.24) is 14.9 Å². The quantitative estimate of drug-likeness (QED) is 0.460. The number of nitrogens with one attached hydrogen (secondary N) is 1. The van der Waals surface area contributed by atoms with Crippen LogP contribution in [-0.2, 0) is 6.54 Å². The van der Waals surface area contributed by atoms with Crippen LogP contribution in [0.15, 0.2) is 91.3 Å². The van der Waals surface area contributed by atoms with Crippen molar-refractivity contribution in [3.8, 4) is 11.3 Å². The number of benzene rings is 3. The van der Waals surface area contributed by atoms with E-state index < -0.39 is 0 Å². The zero-order chi connectivity index (χ0) is 21.6. The molecule has 0 aliphatic heterocycles. The molecular weight excluding hydrogens is 384 g/mol. The first kappa shape index (κ1) is 20.3. The second kappa shape index (κ2) is 9.22. The van der Waals surface area contributed by atoms with Gasteiger partial charge >= 0.3 is 0 Å². The van der Waals surface area contributed by atoms with Crippen LogP contribution in [-0.4, -0.2) is 27.8 Å². The molecule has 3 aromatic carbocycles. The number of aryl methyl sites for hydroxylation is 1. The van der Waals surface area contributed by atoms with E-state index in [1.54, 1.807) is 11.2 Å². The van der Waals surface area contributed by atoms with Crippen molar-refractivity contribution in [3.05, 3.63) is 108 Å². The average molecular weight is 409 g/mol. The van der Waals surface area contributed by atoms with Crippen LogP contribution < -0.4 is 5.32 Å². The van der Waals surface area contributed by atoms with Crippen molar-refractivity contribution in [2.24, 2.45) is 0 Å². The minimum Gasteiger partial charge on any atom is -0.340 e. The fraction of sp³-hybridized carbons (Fsp3) is 0.115. The zero-order valence-electron chi connectivity index (χ0n) is 17.6. The molecule has 5 nitrogen and oxygen atoms in total. The molecule has 1 N–H and O–H groups in total. The molecule has 1 aromatic heterocycles. The van der Waals surface area contributed by atoms with Crippen LogP contribution in [0, 0.1) is 6.92 Å². The van der Waals surface area contributed by atoms with Crippen LogP contribution in [0.1, 0.15) is 21.5 Å². The predicted octanol–water partition coefficient (Wildman–Crippen LogP) is 5.47. The molecule has 0 fully saturated rings. The fourth-order valence-electron chi connectivity index (χ4n) is 3.34. The topological polar surface area (TPSA) is 58.1 Å². The summed E-state index contributed by atoms with van der Waals surface area (Å²) in [4.78, 5) is 23.3. The van der Waals surface area contributed by atoms with Gasteiger partial charge in [0.1, 0.15) is 12.1 Å². The van der Waals surface area contributed by atoms with Gasteiger partial charge in [0.15, 0.2) is 0 Å². The standard InChI is InChI=1S/C26H24N4O/c1-19-11-13-21(14-12-19)24-16-25(28-18-27-24)29-23-10-6-9-22(15-23)26(31)30(2)17-20-7-4-3-5-8-20/h3-16,18H,17H2,1-2H3,(H,27,28,29). The molecular formula is C26H24N4O. The van der Waals surface area contributed by atoms with Gasteiger partial charge in [-0.25, -0.2) is 9.97 Å². The van der Waals surface area contributed by atoms with E-state index in [2.05, 4.69) is 34.3 Å². The molecule has 0 radical (unpaired) electrons. The van der Waals surface area contributed by atoms with Crippen LogP contribution in [0.4, 0.5) is 11.5 Å². The summed E-state index contributed by atoms with van der Waals surface area (Å²) in [6.45, 7) is 2.62. The molecule has 0 saturated carbocycles. The molecule has 4 aromatic rings. The third-order valence-corrected chi connectivity index (χ3v) is 5.01. The third-order valence-electron chi connectivity index (χ3n) is 5.01. The van der Waals surface area contributed by atoms with Crippen LogP contribution in [0.2, 0.25) is 0 Å². The molecule has 1 amide bonds. The van der Waals surface area contributed by atoms with E-state index in [1.807, 2.05) is 79.8 Å².